The highest BCUT2D eigenvalue weighted by Crippen LogP contribution is 2.44. The average Bonchev–Trinajstić information content (AvgIpc) is 3.46. The number of hydrogen-bond donors (Lipinski definition) is 3. The van der Waals surface area contributed by atoms with Crippen molar-refractivity contribution in [2.45, 2.75) is 44.6 Å². The van der Waals surface area contributed by atoms with E-state index in [0.717, 1.165) is 27.9 Å². The number of hydroxylamine groups is 2. The number of carbonyl (C=O) groups excluding carboxylic acids is 2. The fourth-order valence-corrected chi connectivity index (χ4v) is 7.00. The largest absolute Gasteiger partial charge is 0.490 e. The van der Waals surface area contributed by atoms with Gasteiger partial charge in [0, 0.05) is 52.7 Å². The Morgan fingerprint density at radius 2 is 1.62 bits per heavy atom. The van der Waals surface area contributed by atoms with Crippen LogP contribution < -0.4 is 14.8 Å². The van der Waals surface area contributed by atoms with Crippen molar-refractivity contribution in [3.05, 3.63) is 54.7 Å². The Kier molecular flexibility index (Phi) is 8.03. The van der Waals surface area contributed by atoms with Crippen LogP contribution in [0.25, 0.3) is 21.8 Å². The predicted octanol–water partition coefficient (Wildman–Crippen LogP) is 5.93. The minimum absolute atomic E-state index is 0.0820. The Labute approximate surface area is 278 Å². The number of aromatic nitrogens is 2. The molecule has 7 rings (SSSR count). The first-order valence-electron chi connectivity index (χ1n) is 14.6. The van der Waals surface area contributed by atoms with E-state index in [1.807, 2.05) is 0 Å². The van der Waals surface area contributed by atoms with E-state index in [0.29, 0.717) is 80.7 Å². The van der Waals surface area contributed by atoms with E-state index in [-0.39, 0.29) is 49.4 Å². The smallest absolute Gasteiger partial charge is 0.250 e. The molecular weight excluding hydrogens is 666 g/mol. The number of rotatable bonds is 7. The molecule has 10 nitrogen and oxygen atoms in total. The second-order valence-electron chi connectivity index (χ2n) is 12.1. The van der Waals surface area contributed by atoms with E-state index in [9.17, 15) is 9.59 Å². The Hall–Kier alpha value is -2.86. The first-order valence-corrected chi connectivity index (χ1v) is 16.1. The van der Waals surface area contributed by atoms with Gasteiger partial charge in [-0.1, -0.05) is 60.3 Å². The van der Waals surface area contributed by atoms with Crippen LogP contribution in [0.1, 0.15) is 36.4 Å². The minimum Gasteiger partial charge on any atom is -0.490 e. The van der Waals surface area contributed by atoms with Crippen LogP contribution >= 0.6 is 46.4 Å². The lowest BCUT2D eigenvalue weighted by atomic mass is 9.87. The van der Waals surface area contributed by atoms with Gasteiger partial charge in [-0.2, -0.15) is 0 Å². The average molecular weight is 696 g/mol. The molecule has 1 fully saturated rings. The zero-order valence-electron chi connectivity index (χ0n) is 24.5. The molecule has 238 valence electrons. The lowest BCUT2D eigenvalue weighted by molar-refractivity contribution is -0.187. The van der Waals surface area contributed by atoms with Gasteiger partial charge in [0.15, 0.2) is 0 Å². The van der Waals surface area contributed by atoms with Crippen LogP contribution in [-0.2, 0) is 43.8 Å². The summed E-state index contributed by atoms with van der Waals surface area (Å²) in [6.07, 6.45) is 0.696. The molecule has 5 heterocycles. The molecule has 0 radical (unpaired) electrons. The predicted molar refractivity (Wildman–Crippen MR) is 172 cm³/mol. The molecule has 0 unspecified atom stereocenters. The summed E-state index contributed by atoms with van der Waals surface area (Å²) in [6.45, 7) is 6.10. The zero-order chi connectivity index (χ0) is 31.6. The van der Waals surface area contributed by atoms with Crippen molar-refractivity contribution < 1.29 is 28.6 Å². The molecule has 2 aromatic carbocycles. The number of nitrogens with zero attached hydrogens (tertiary/aromatic N) is 1. The molecule has 14 heteroatoms. The summed E-state index contributed by atoms with van der Waals surface area (Å²) in [5, 5.41) is 7.23. The fraction of sp³-hybridized carbons (Fsp3) is 0.419. The number of hydrogen-bond acceptors (Lipinski definition) is 6. The van der Waals surface area contributed by atoms with E-state index < -0.39 is 0 Å². The van der Waals surface area contributed by atoms with E-state index in [1.54, 1.807) is 12.1 Å². The van der Waals surface area contributed by atoms with E-state index in [2.05, 4.69) is 29.1 Å². The van der Waals surface area contributed by atoms with Gasteiger partial charge in [0.1, 0.15) is 30.8 Å². The monoisotopic (exact) mass is 694 g/mol. The van der Waals surface area contributed by atoms with Crippen LogP contribution in [0.2, 0.25) is 20.1 Å². The van der Waals surface area contributed by atoms with Gasteiger partial charge in [-0.25, -0.2) is 5.06 Å². The van der Waals surface area contributed by atoms with E-state index in [1.165, 1.54) is 5.06 Å². The number of H-pyrrole nitrogens is 2. The van der Waals surface area contributed by atoms with Gasteiger partial charge in [-0.15, -0.1) is 0 Å². The molecular formula is C31H30Cl4N4O6. The minimum atomic E-state index is -0.358. The summed E-state index contributed by atoms with van der Waals surface area (Å²) in [6, 6.07) is 3.34. The third-order valence-corrected chi connectivity index (χ3v) is 10.1. The molecule has 1 saturated heterocycles. The molecule has 3 N–H and O–H groups in total. The van der Waals surface area contributed by atoms with E-state index >= 15 is 0 Å². The van der Waals surface area contributed by atoms with Gasteiger partial charge >= 0.3 is 0 Å². The molecule has 4 aromatic rings. The van der Waals surface area contributed by atoms with Gasteiger partial charge in [0.05, 0.1) is 63.7 Å². The van der Waals surface area contributed by atoms with E-state index in [4.69, 9.17) is 65.5 Å². The van der Waals surface area contributed by atoms with Gasteiger partial charge in [0.25, 0.3) is 5.91 Å². The van der Waals surface area contributed by atoms with Crippen LogP contribution in [0.3, 0.4) is 0 Å². The summed E-state index contributed by atoms with van der Waals surface area (Å²) in [5.41, 5.74) is 4.33. The number of benzene rings is 2. The second-order valence-corrected chi connectivity index (χ2v) is 13.7. The molecule has 0 aliphatic carbocycles. The van der Waals surface area contributed by atoms with Gasteiger partial charge < -0.3 is 29.5 Å². The SMILES string of the molecule is CC1(C)CNC(=O)Cc2c1[nH]c1c(Cl)c(Cl)cc(OCCON3CCc4[nH]c5c(Cl)c(Cl)cc(OC6COC6)c5c4CC3=O)c21. The highest BCUT2D eigenvalue weighted by atomic mass is 35.5. The zero-order valence-corrected chi connectivity index (χ0v) is 27.5. The van der Waals surface area contributed by atoms with Gasteiger partial charge in [0.2, 0.25) is 5.91 Å². The molecule has 2 amide bonds. The standard InChI is InChI=1S/C31H30Cl4N4O6/c1-31(2)13-36-22(40)7-16-25-20(9-17(32)27(35)29(25)38-30(16)31)43-5-6-44-39-4-3-19-15(8-23(39)41)24-21(45-14-11-42-12-14)10-18(33)26(34)28(24)37-19/h9-10,14,37-38H,3-8,11-13H2,1-2H3,(H,36,40). The van der Waals surface area contributed by atoms with Crippen LogP contribution in [0.5, 0.6) is 11.5 Å². The normalized spacial score (nSPS) is 18.3. The number of amides is 2. The maximum absolute atomic E-state index is 13.4. The summed E-state index contributed by atoms with van der Waals surface area (Å²) < 4.78 is 17.6. The summed E-state index contributed by atoms with van der Waals surface area (Å²) in [5.74, 6) is 0.757. The second kappa shape index (κ2) is 11.7. The Morgan fingerprint density at radius 3 is 2.33 bits per heavy atom. The molecule has 2 aromatic heterocycles. The maximum atomic E-state index is 13.4. The van der Waals surface area contributed by atoms with Gasteiger partial charge in [-0.05, 0) is 11.1 Å². The topological polar surface area (TPSA) is 118 Å². The molecule has 0 spiro atoms. The van der Waals surface area contributed by atoms with Crippen molar-refractivity contribution in [1.29, 1.82) is 0 Å². The van der Waals surface area contributed by atoms with Crippen molar-refractivity contribution in [1.82, 2.24) is 20.3 Å². The molecule has 0 atom stereocenters. The third kappa shape index (κ3) is 5.49. The number of aromatic amines is 2. The lowest BCUT2D eigenvalue weighted by Gasteiger charge is -2.27. The molecule has 45 heavy (non-hydrogen) atoms. The number of carbonyl (C=O) groups is 2. The molecule has 3 aliphatic rings. The molecule has 0 bridgehead atoms. The van der Waals surface area contributed by atoms with Crippen molar-refractivity contribution in [2.75, 3.05) is 39.5 Å². The van der Waals surface area contributed by atoms with Crippen LogP contribution in [0.15, 0.2) is 12.1 Å². The van der Waals surface area contributed by atoms with Crippen LogP contribution in [0.4, 0.5) is 0 Å². The molecule has 3 aliphatic heterocycles. The first kappa shape index (κ1) is 30.8. The Bertz CT molecular complexity index is 1860. The lowest BCUT2D eigenvalue weighted by Crippen LogP contribution is -2.38. The number of ether oxygens (including phenoxy) is 3. The highest BCUT2D eigenvalue weighted by molar-refractivity contribution is 6.46. The third-order valence-electron chi connectivity index (χ3n) is 8.56. The fourth-order valence-electron chi connectivity index (χ4n) is 6.22. The summed E-state index contributed by atoms with van der Waals surface area (Å²) in [4.78, 5) is 38.7. The molecule has 0 saturated carbocycles. The van der Waals surface area contributed by atoms with Crippen molar-refractivity contribution in [2.24, 2.45) is 0 Å². The summed E-state index contributed by atoms with van der Waals surface area (Å²) in [7, 11) is 0. The highest BCUT2D eigenvalue weighted by Gasteiger charge is 2.34. The Morgan fingerprint density at radius 1 is 0.933 bits per heavy atom. The number of fused-ring (bicyclic) bond motifs is 6. The maximum Gasteiger partial charge on any atom is 0.250 e. The van der Waals surface area contributed by atoms with Crippen LogP contribution in [0, 0.1) is 0 Å². The summed E-state index contributed by atoms with van der Waals surface area (Å²) >= 11 is 26.0. The quantitative estimate of drug-likeness (QED) is 0.207. The van der Waals surface area contributed by atoms with Gasteiger partial charge in [-0.3, -0.25) is 14.4 Å². The van der Waals surface area contributed by atoms with Crippen molar-refractivity contribution in [3.63, 3.8) is 0 Å². The first-order chi connectivity index (χ1) is 21.5. The number of halogens is 4. The van der Waals surface area contributed by atoms with Crippen molar-refractivity contribution >= 4 is 80.0 Å². The number of nitrogens with one attached hydrogen (secondary N) is 3. The van der Waals surface area contributed by atoms with Crippen LogP contribution in [-0.4, -0.2) is 72.5 Å². The van der Waals surface area contributed by atoms with Crippen molar-refractivity contribution in [3.8, 4) is 11.5 Å². The Balaban J connectivity index is 1.08.